The first-order chi connectivity index (χ1) is 5.57. The van der Waals surface area contributed by atoms with Crippen LogP contribution in [0.3, 0.4) is 0 Å². The van der Waals surface area contributed by atoms with Crippen LogP contribution < -0.4 is 0 Å². The van der Waals surface area contributed by atoms with Crippen molar-refractivity contribution in [1.82, 2.24) is 0 Å². The molecule has 1 rings (SSSR count). The number of Topliss-reactive ketones (excluding diaryl/α,β-unsaturated/α-hetero) is 1. The lowest BCUT2D eigenvalue weighted by Gasteiger charge is -1.95. The van der Waals surface area contributed by atoms with Crippen LogP contribution in [0.25, 0.3) is 0 Å². The molecular weight excluding hydrogens is 152 g/mol. The van der Waals surface area contributed by atoms with E-state index < -0.39 is 0 Å². The molecule has 0 aliphatic carbocycles. The molecule has 0 unspecified atom stereocenters. The topological polar surface area (TPSA) is 30.2 Å². The highest BCUT2D eigenvalue weighted by molar-refractivity contribution is 5.98. The van der Waals surface area contributed by atoms with E-state index in [4.69, 9.17) is 4.42 Å². The average Bonchev–Trinajstić information content (AvgIpc) is 2.26. The van der Waals surface area contributed by atoms with Gasteiger partial charge in [-0.3, -0.25) is 4.79 Å². The molecule has 0 spiro atoms. The lowest BCUT2D eigenvalue weighted by atomic mass is 10.0. The molecule has 0 fully saturated rings. The van der Waals surface area contributed by atoms with Gasteiger partial charge in [0.25, 0.3) is 0 Å². The van der Waals surface area contributed by atoms with Gasteiger partial charge < -0.3 is 4.42 Å². The van der Waals surface area contributed by atoms with E-state index in [1.165, 1.54) is 0 Å². The number of carbonyl (C=O) groups is 1. The van der Waals surface area contributed by atoms with Gasteiger partial charge in [-0.25, -0.2) is 0 Å². The molecule has 0 saturated heterocycles. The molecule has 1 aromatic heterocycles. The summed E-state index contributed by atoms with van der Waals surface area (Å²) < 4.78 is 5.35. The number of hydrogen-bond acceptors (Lipinski definition) is 2. The quantitative estimate of drug-likeness (QED) is 0.632. The highest BCUT2D eigenvalue weighted by Gasteiger charge is 2.16. The zero-order chi connectivity index (χ0) is 9.30. The van der Waals surface area contributed by atoms with Gasteiger partial charge in [-0.2, -0.15) is 0 Å². The Balaban J connectivity index is 3.22. The zero-order valence-corrected chi connectivity index (χ0v) is 8.02. The summed E-state index contributed by atoms with van der Waals surface area (Å²) in [5.41, 5.74) is 1.76. The van der Waals surface area contributed by atoms with Gasteiger partial charge in [0, 0.05) is 12.0 Å². The van der Waals surface area contributed by atoms with Crippen LogP contribution in [-0.4, -0.2) is 5.78 Å². The molecule has 12 heavy (non-hydrogen) atoms. The molecule has 2 heteroatoms. The largest absolute Gasteiger partial charge is 0.466 e. The third-order valence-corrected chi connectivity index (χ3v) is 2.16. The third-order valence-electron chi connectivity index (χ3n) is 2.16. The fourth-order valence-electron chi connectivity index (χ4n) is 1.38. The third kappa shape index (κ3) is 1.29. The number of ketones is 1. The SMILES string of the molecule is CCC(=O)c1c(C)oc(C)c1C. The van der Waals surface area contributed by atoms with E-state index in [2.05, 4.69) is 0 Å². The van der Waals surface area contributed by atoms with Crippen LogP contribution in [0.15, 0.2) is 4.42 Å². The molecule has 0 atom stereocenters. The Hall–Kier alpha value is -1.05. The fraction of sp³-hybridized carbons (Fsp3) is 0.500. The number of rotatable bonds is 2. The maximum atomic E-state index is 11.4. The summed E-state index contributed by atoms with van der Waals surface area (Å²) in [6, 6.07) is 0. The molecule has 0 N–H and O–H groups in total. The van der Waals surface area contributed by atoms with E-state index in [9.17, 15) is 4.79 Å². The zero-order valence-electron chi connectivity index (χ0n) is 8.02. The van der Waals surface area contributed by atoms with Crippen molar-refractivity contribution in [3.8, 4) is 0 Å². The minimum Gasteiger partial charge on any atom is -0.466 e. The molecule has 1 heterocycles. The van der Waals surface area contributed by atoms with Gasteiger partial charge in [-0.1, -0.05) is 6.92 Å². The van der Waals surface area contributed by atoms with E-state index in [0.717, 1.165) is 22.6 Å². The van der Waals surface area contributed by atoms with Crippen LogP contribution in [0.2, 0.25) is 0 Å². The van der Waals surface area contributed by atoms with Crippen molar-refractivity contribution in [1.29, 1.82) is 0 Å². The van der Waals surface area contributed by atoms with Gasteiger partial charge in [-0.15, -0.1) is 0 Å². The summed E-state index contributed by atoms with van der Waals surface area (Å²) in [4.78, 5) is 11.4. The van der Waals surface area contributed by atoms with Crippen molar-refractivity contribution in [3.63, 3.8) is 0 Å². The molecule has 0 aromatic carbocycles. The number of furan rings is 1. The average molecular weight is 166 g/mol. The first-order valence-corrected chi connectivity index (χ1v) is 4.17. The van der Waals surface area contributed by atoms with E-state index >= 15 is 0 Å². The van der Waals surface area contributed by atoms with Gasteiger partial charge in [0.1, 0.15) is 11.5 Å². The Kier molecular flexibility index (Phi) is 2.36. The normalized spacial score (nSPS) is 10.3. The lowest BCUT2D eigenvalue weighted by Crippen LogP contribution is -1.98. The van der Waals surface area contributed by atoms with Crippen molar-refractivity contribution in [2.24, 2.45) is 0 Å². The Morgan fingerprint density at radius 1 is 1.25 bits per heavy atom. The fourth-order valence-corrected chi connectivity index (χ4v) is 1.38. The first kappa shape index (κ1) is 9.04. The Labute approximate surface area is 72.6 Å². The predicted octanol–water partition coefficient (Wildman–Crippen LogP) is 2.80. The molecule has 1 aromatic rings. The van der Waals surface area contributed by atoms with Crippen LogP contribution in [0, 0.1) is 20.8 Å². The maximum Gasteiger partial charge on any atom is 0.166 e. The van der Waals surface area contributed by atoms with Gasteiger partial charge in [0.15, 0.2) is 5.78 Å². The monoisotopic (exact) mass is 166 g/mol. The Bertz CT molecular complexity index is 308. The molecule has 0 radical (unpaired) electrons. The smallest absolute Gasteiger partial charge is 0.166 e. The van der Waals surface area contributed by atoms with Crippen LogP contribution in [0.4, 0.5) is 0 Å². The highest BCUT2D eigenvalue weighted by atomic mass is 16.3. The van der Waals surface area contributed by atoms with E-state index in [-0.39, 0.29) is 5.78 Å². The van der Waals surface area contributed by atoms with E-state index in [0.29, 0.717) is 6.42 Å². The summed E-state index contributed by atoms with van der Waals surface area (Å²) in [7, 11) is 0. The lowest BCUT2D eigenvalue weighted by molar-refractivity contribution is 0.0986. The van der Waals surface area contributed by atoms with Crippen molar-refractivity contribution < 1.29 is 9.21 Å². The highest BCUT2D eigenvalue weighted by Crippen LogP contribution is 2.21. The van der Waals surface area contributed by atoms with Gasteiger partial charge >= 0.3 is 0 Å². The second kappa shape index (κ2) is 3.13. The predicted molar refractivity (Wildman–Crippen MR) is 47.5 cm³/mol. The van der Waals surface area contributed by atoms with Gasteiger partial charge in [0.05, 0.1) is 5.56 Å². The van der Waals surface area contributed by atoms with Crippen molar-refractivity contribution in [2.75, 3.05) is 0 Å². The second-order valence-corrected chi connectivity index (χ2v) is 2.99. The number of hydrogen-bond donors (Lipinski definition) is 0. The molecular formula is C10H14O2. The van der Waals surface area contributed by atoms with Gasteiger partial charge in [0.2, 0.25) is 0 Å². The van der Waals surface area contributed by atoms with Crippen LogP contribution in [0.5, 0.6) is 0 Å². The van der Waals surface area contributed by atoms with E-state index in [1.807, 2.05) is 27.7 Å². The summed E-state index contributed by atoms with van der Waals surface area (Å²) in [5, 5.41) is 0. The number of aryl methyl sites for hydroxylation is 2. The van der Waals surface area contributed by atoms with Crippen molar-refractivity contribution in [3.05, 3.63) is 22.6 Å². The standard InChI is InChI=1S/C10H14O2/c1-5-9(11)10-6(2)7(3)12-8(10)4/h5H2,1-4H3. The summed E-state index contributed by atoms with van der Waals surface area (Å²) >= 11 is 0. The molecule has 0 aliphatic rings. The first-order valence-electron chi connectivity index (χ1n) is 4.17. The molecule has 66 valence electrons. The molecule has 0 amide bonds. The summed E-state index contributed by atoms with van der Waals surface area (Å²) in [6.07, 6.45) is 0.542. The van der Waals surface area contributed by atoms with E-state index in [1.54, 1.807) is 0 Å². The molecule has 0 bridgehead atoms. The summed E-state index contributed by atoms with van der Waals surface area (Å²) in [5.74, 6) is 1.77. The minimum absolute atomic E-state index is 0.168. The number of carbonyl (C=O) groups excluding carboxylic acids is 1. The van der Waals surface area contributed by atoms with Gasteiger partial charge in [-0.05, 0) is 20.8 Å². The van der Waals surface area contributed by atoms with Crippen molar-refractivity contribution >= 4 is 5.78 Å². The Morgan fingerprint density at radius 3 is 2.17 bits per heavy atom. The summed E-state index contributed by atoms with van der Waals surface area (Å²) in [6.45, 7) is 7.51. The molecule has 2 nitrogen and oxygen atoms in total. The van der Waals surface area contributed by atoms with Crippen LogP contribution in [0.1, 0.15) is 40.8 Å². The Morgan fingerprint density at radius 2 is 1.83 bits per heavy atom. The minimum atomic E-state index is 0.168. The second-order valence-electron chi connectivity index (χ2n) is 2.99. The molecule has 0 saturated carbocycles. The molecule has 0 aliphatic heterocycles. The maximum absolute atomic E-state index is 11.4. The van der Waals surface area contributed by atoms with Crippen molar-refractivity contribution in [2.45, 2.75) is 34.1 Å². The van der Waals surface area contributed by atoms with Crippen LogP contribution >= 0.6 is 0 Å². The van der Waals surface area contributed by atoms with Crippen LogP contribution in [-0.2, 0) is 0 Å².